The van der Waals surface area contributed by atoms with Crippen molar-refractivity contribution < 1.29 is 29.1 Å². The van der Waals surface area contributed by atoms with Gasteiger partial charge in [0, 0.05) is 24.2 Å². The van der Waals surface area contributed by atoms with E-state index in [9.17, 15) is 18.8 Å². The van der Waals surface area contributed by atoms with E-state index in [1.165, 1.54) is 36.4 Å². The van der Waals surface area contributed by atoms with Gasteiger partial charge in [0.05, 0.1) is 5.56 Å². The van der Waals surface area contributed by atoms with Crippen LogP contribution in [0.4, 0.5) is 4.39 Å². The fourth-order valence-corrected chi connectivity index (χ4v) is 3.89. The molecule has 7 nitrogen and oxygen atoms in total. The normalized spacial score (nSPS) is 13.2. The average molecular weight is 460 g/mol. The SMILES string of the molecule is O=C(O)c1ccc(C=C(C(=O)N2CCc3ccc(C(=O)NO)cc3C2)c2ccc(F)cc2)cc1. The van der Waals surface area contributed by atoms with Crippen molar-refractivity contribution in [3.8, 4) is 0 Å². The van der Waals surface area contributed by atoms with Crippen molar-refractivity contribution in [2.45, 2.75) is 13.0 Å². The Balaban J connectivity index is 1.68. The number of fused-ring (bicyclic) bond motifs is 1. The number of hydrogen-bond donors (Lipinski definition) is 3. The van der Waals surface area contributed by atoms with Crippen LogP contribution in [0.3, 0.4) is 0 Å². The van der Waals surface area contributed by atoms with E-state index in [1.54, 1.807) is 40.7 Å². The van der Waals surface area contributed by atoms with Crippen molar-refractivity contribution in [1.82, 2.24) is 10.4 Å². The van der Waals surface area contributed by atoms with Crippen LogP contribution >= 0.6 is 0 Å². The molecule has 0 saturated heterocycles. The Morgan fingerprint density at radius 1 is 0.882 bits per heavy atom. The minimum atomic E-state index is -1.05. The first-order chi connectivity index (χ1) is 16.4. The van der Waals surface area contributed by atoms with Crippen LogP contribution in [0.2, 0.25) is 0 Å². The highest BCUT2D eigenvalue weighted by Crippen LogP contribution is 2.26. The van der Waals surface area contributed by atoms with E-state index >= 15 is 0 Å². The van der Waals surface area contributed by atoms with Crippen molar-refractivity contribution in [3.05, 3.63) is 106 Å². The van der Waals surface area contributed by atoms with E-state index in [2.05, 4.69) is 0 Å². The lowest BCUT2D eigenvalue weighted by Gasteiger charge is -2.30. The summed E-state index contributed by atoms with van der Waals surface area (Å²) in [5.41, 5.74) is 5.29. The summed E-state index contributed by atoms with van der Waals surface area (Å²) in [6.45, 7) is 0.713. The van der Waals surface area contributed by atoms with Gasteiger partial charge in [0.2, 0.25) is 0 Å². The molecule has 8 heteroatoms. The number of amides is 2. The second-order valence-electron chi connectivity index (χ2n) is 7.89. The van der Waals surface area contributed by atoms with Crippen LogP contribution < -0.4 is 5.48 Å². The molecule has 0 spiro atoms. The summed E-state index contributed by atoms with van der Waals surface area (Å²) in [6, 6.07) is 16.8. The second-order valence-corrected chi connectivity index (χ2v) is 7.89. The molecule has 3 N–H and O–H groups in total. The lowest BCUT2D eigenvalue weighted by molar-refractivity contribution is -0.125. The molecule has 1 aliphatic rings. The molecule has 3 aromatic carbocycles. The summed E-state index contributed by atoms with van der Waals surface area (Å²) in [5.74, 6) is -2.39. The summed E-state index contributed by atoms with van der Waals surface area (Å²) < 4.78 is 13.5. The van der Waals surface area contributed by atoms with Gasteiger partial charge in [-0.15, -0.1) is 0 Å². The van der Waals surface area contributed by atoms with Crippen LogP contribution in [0.15, 0.2) is 66.7 Å². The van der Waals surface area contributed by atoms with Crippen molar-refractivity contribution >= 4 is 29.4 Å². The molecule has 172 valence electrons. The molecule has 0 atom stereocenters. The van der Waals surface area contributed by atoms with Crippen LogP contribution in [0.5, 0.6) is 0 Å². The van der Waals surface area contributed by atoms with Gasteiger partial charge in [0.25, 0.3) is 11.8 Å². The molecular weight excluding hydrogens is 439 g/mol. The number of carbonyl (C=O) groups is 3. The Morgan fingerprint density at radius 2 is 1.53 bits per heavy atom. The molecule has 1 heterocycles. The molecule has 0 fully saturated rings. The Hall–Kier alpha value is -4.30. The molecule has 0 unspecified atom stereocenters. The van der Waals surface area contributed by atoms with Crippen LogP contribution in [0, 0.1) is 5.82 Å². The highest BCUT2D eigenvalue weighted by atomic mass is 19.1. The third-order valence-corrected chi connectivity index (χ3v) is 5.72. The Bertz CT molecular complexity index is 1280. The summed E-state index contributed by atoms with van der Waals surface area (Å²) in [6.07, 6.45) is 2.23. The number of carbonyl (C=O) groups excluding carboxylic acids is 2. The number of nitrogens with one attached hydrogen (secondary N) is 1. The third kappa shape index (κ3) is 4.87. The van der Waals surface area contributed by atoms with Gasteiger partial charge in [-0.1, -0.05) is 30.3 Å². The smallest absolute Gasteiger partial charge is 0.335 e. The summed E-state index contributed by atoms with van der Waals surface area (Å²) in [7, 11) is 0. The zero-order valence-electron chi connectivity index (χ0n) is 18.0. The van der Waals surface area contributed by atoms with Crippen LogP contribution in [0.1, 0.15) is 43.0 Å². The fraction of sp³-hybridized carbons (Fsp3) is 0.115. The first kappa shape index (κ1) is 22.9. The second kappa shape index (κ2) is 9.68. The molecule has 0 bridgehead atoms. The maximum atomic E-state index is 13.6. The Morgan fingerprint density at radius 3 is 2.18 bits per heavy atom. The van der Waals surface area contributed by atoms with Gasteiger partial charge < -0.3 is 10.0 Å². The van der Waals surface area contributed by atoms with Crippen molar-refractivity contribution in [2.75, 3.05) is 6.54 Å². The summed E-state index contributed by atoms with van der Waals surface area (Å²) in [4.78, 5) is 38.2. The number of hydrogen-bond acceptors (Lipinski definition) is 4. The Kier molecular flexibility index (Phi) is 6.51. The molecule has 0 saturated carbocycles. The van der Waals surface area contributed by atoms with Gasteiger partial charge in [0.15, 0.2) is 0 Å². The minimum Gasteiger partial charge on any atom is -0.478 e. The number of aromatic carboxylic acids is 1. The topological polar surface area (TPSA) is 107 Å². The molecular formula is C26H21FN2O5. The number of halogens is 1. The number of carboxylic acids is 1. The average Bonchev–Trinajstić information content (AvgIpc) is 2.86. The monoisotopic (exact) mass is 460 g/mol. The van der Waals surface area contributed by atoms with E-state index in [4.69, 9.17) is 10.3 Å². The van der Waals surface area contributed by atoms with Gasteiger partial charge in [-0.05, 0) is 71.1 Å². The van der Waals surface area contributed by atoms with E-state index in [1.807, 2.05) is 6.07 Å². The quantitative estimate of drug-likeness (QED) is 0.233. The predicted octanol–water partition coefficient (Wildman–Crippen LogP) is 3.77. The molecule has 0 aromatic heterocycles. The van der Waals surface area contributed by atoms with Crippen molar-refractivity contribution in [2.24, 2.45) is 0 Å². The molecule has 34 heavy (non-hydrogen) atoms. The predicted molar refractivity (Wildman–Crippen MR) is 122 cm³/mol. The lowest BCUT2D eigenvalue weighted by atomic mass is 9.95. The highest BCUT2D eigenvalue weighted by Gasteiger charge is 2.25. The summed E-state index contributed by atoms with van der Waals surface area (Å²) >= 11 is 0. The largest absolute Gasteiger partial charge is 0.478 e. The van der Waals surface area contributed by atoms with E-state index < -0.39 is 17.7 Å². The van der Waals surface area contributed by atoms with Gasteiger partial charge in [-0.25, -0.2) is 14.7 Å². The number of carboxylic acid groups (broad SMARTS) is 1. The molecule has 0 aliphatic carbocycles. The molecule has 4 rings (SSSR count). The highest BCUT2D eigenvalue weighted by molar-refractivity contribution is 6.24. The van der Waals surface area contributed by atoms with Crippen molar-refractivity contribution in [3.63, 3.8) is 0 Å². The number of benzene rings is 3. The molecule has 0 radical (unpaired) electrons. The zero-order valence-corrected chi connectivity index (χ0v) is 18.0. The first-order valence-corrected chi connectivity index (χ1v) is 10.5. The Labute approximate surface area is 194 Å². The summed E-state index contributed by atoms with van der Waals surface area (Å²) in [5, 5.41) is 18.0. The number of nitrogens with zero attached hydrogens (tertiary/aromatic N) is 1. The molecule has 2 amide bonds. The standard InChI is InChI=1S/C26H21FN2O5/c27-22-9-7-18(8-10-22)23(13-16-1-3-19(4-2-16)26(32)33)25(31)29-12-11-17-5-6-20(24(30)28-34)14-21(17)15-29/h1-10,13-14,34H,11-12,15H2,(H,28,30)(H,32,33). The lowest BCUT2D eigenvalue weighted by Crippen LogP contribution is -2.36. The fourth-order valence-electron chi connectivity index (χ4n) is 3.89. The maximum Gasteiger partial charge on any atom is 0.335 e. The van der Waals surface area contributed by atoms with Crippen LogP contribution in [0.25, 0.3) is 11.6 Å². The van der Waals surface area contributed by atoms with Crippen molar-refractivity contribution in [1.29, 1.82) is 0 Å². The van der Waals surface area contributed by atoms with E-state index in [0.717, 1.165) is 11.1 Å². The van der Waals surface area contributed by atoms with Gasteiger partial charge in [-0.3, -0.25) is 14.8 Å². The van der Waals surface area contributed by atoms with Gasteiger partial charge in [0.1, 0.15) is 5.82 Å². The van der Waals surface area contributed by atoms with Crippen LogP contribution in [-0.4, -0.2) is 39.5 Å². The molecule has 1 aliphatic heterocycles. The van der Waals surface area contributed by atoms with E-state index in [0.29, 0.717) is 29.7 Å². The zero-order chi connectivity index (χ0) is 24.2. The van der Waals surface area contributed by atoms with E-state index in [-0.39, 0.29) is 23.6 Å². The first-order valence-electron chi connectivity index (χ1n) is 10.5. The number of hydroxylamine groups is 1. The maximum absolute atomic E-state index is 13.6. The van der Waals surface area contributed by atoms with Crippen LogP contribution in [-0.2, 0) is 17.8 Å². The third-order valence-electron chi connectivity index (χ3n) is 5.72. The molecule has 3 aromatic rings. The minimum absolute atomic E-state index is 0.127. The van der Waals surface area contributed by atoms with Gasteiger partial charge in [-0.2, -0.15) is 0 Å². The van der Waals surface area contributed by atoms with Gasteiger partial charge >= 0.3 is 5.97 Å². The number of rotatable bonds is 5.